The molecule has 1 aliphatic heterocycles. The Labute approximate surface area is 81.7 Å². The van der Waals surface area contributed by atoms with Gasteiger partial charge in [0.05, 0.1) is 0 Å². The van der Waals surface area contributed by atoms with E-state index in [1.807, 2.05) is 0 Å². The summed E-state index contributed by atoms with van der Waals surface area (Å²) in [4.78, 5) is 2.64. The summed E-state index contributed by atoms with van der Waals surface area (Å²) in [5.74, 6) is 1.09. The zero-order valence-electron chi connectivity index (χ0n) is 8.76. The summed E-state index contributed by atoms with van der Waals surface area (Å²) in [6.45, 7) is 7.42. The van der Waals surface area contributed by atoms with Crippen molar-refractivity contribution >= 4 is 0 Å². The Hall–Kier alpha value is -0.0800. The standard InChI is InChI=1S/C11H22N2/c1-10-9-13(7-2-6-12-10)8-5-11-3-4-11/h10-12H,2-9H2,1H3. The molecular weight excluding hydrogens is 160 g/mol. The van der Waals surface area contributed by atoms with E-state index in [0.29, 0.717) is 6.04 Å². The second-order valence-corrected chi connectivity index (χ2v) is 4.74. The summed E-state index contributed by atoms with van der Waals surface area (Å²) in [5, 5.41) is 3.54. The van der Waals surface area contributed by atoms with Crippen LogP contribution in [0.2, 0.25) is 0 Å². The highest BCUT2D eigenvalue weighted by atomic mass is 15.2. The normalized spacial score (nSPS) is 31.6. The summed E-state index contributed by atoms with van der Waals surface area (Å²) in [7, 11) is 0. The SMILES string of the molecule is CC1CN(CCC2CC2)CCCN1. The van der Waals surface area contributed by atoms with Crippen LogP contribution in [0.25, 0.3) is 0 Å². The first-order valence-electron chi connectivity index (χ1n) is 5.80. The number of nitrogens with zero attached hydrogens (tertiary/aromatic N) is 1. The average molecular weight is 182 g/mol. The molecule has 2 fully saturated rings. The quantitative estimate of drug-likeness (QED) is 0.711. The molecule has 2 aliphatic rings. The summed E-state index contributed by atoms with van der Waals surface area (Å²) in [5.41, 5.74) is 0. The van der Waals surface area contributed by atoms with E-state index in [1.54, 1.807) is 0 Å². The average Bonchev–Trinajstić information content (AvgIpc) is 2.88. The van der Waals surface area contributed by atoms with Crippen molar-refractivity contribution in [3.63, 3.8) is 0 Å². The first kappa shape index (κ1) is 9.47. The predicted octanol–water partition coefficient (Wildman–Crippen LogP) is 1.47. The minimum Gasteiger partial charge on any atom is -0.313 e. The maximum Gasteiger partial charge on any atom is 0.0166 e. The lowest BCUT2D eigenvalue weighted by Crippen LogP contribution is -2.35. The van der Waals surface area contributed by atoms with Crippen molar-refractivity contribution in [1.82, 2.24) is 10.2 Å². The molecule has 0 amide bonds. The third-order valence-corrected chi connectivity index (χ3v) is 3.23. The van der Waals surface area contributed by atoms with Crippen LogP contribution in [0.4, 0.5) is 0 Å². The largest absolute Gasteiger partial charge is 0.313 e. The van der Waals surface area contributed by atoms with Gasteiger partial charge in [0.2, 0.25) is 0 Å². The van der Waals surface area contributed by atoms with Crippen molar-refractivity contribution in [2.45, 2.75) is 38.6 Å². The van der Waals surface area contributed by atoms with Gasteiger partial charge in [0, 0.05) is 12.6 Å². The second kappa shape index (κ2) is 4.43. The molecule has 0 bridgehead atoms. The monoisotopic (exact) mass is 182 g/mol. The van der Waals surface area contributed by atoms with Gasteiger partial charge in [-0.25, -0.2) is 0 Å². The maximum atomic E-state index is 3.54. The third-order valence-electron chi connectivity index (χ3n) is 3.23. The molecule has 2 heteroatoms. The van der Waals surface area contributed by atoms with Crippen molar-refractivity contribution in [3.05, 3.63) is 0 Å². The van der Waals surface area contributed by atoms with Gasteiger partial charge in [-0.3, -0.25) is 0 Å². The van der Waals surface area contributed by atoms with Crippen LogP contribution in [0, 0.1) is 5.92 Å². The van der Waals surface area contributed by atoms with Gasteiger partial charge >= 0.3 is 0 Å². The van der Waals surface area contributed by atoms with E-state index < -0.39 is 0 Å². The molecule has 0 radical (unpaired) electrons. The van der Waals surface area contributed by atoms with Crippen molar-refractivity contribution in [2.75, 3.05) is 26.2 Å². The Morgan fingerprint density at radius 3 is 3.00 bits per heavy atom. The van der Waals surface area contributed by atoms with Crippen LogP contribution in [0.15, 0.2) is 0 Å². The molecule has 1 aliphatic carbocycles. The van der Waals surface area contributed by atoms with Gasteiger partial charge in [-0.2, -0.15) is 0 Å². The molecule has 0 aromatic carbocycles. The molecule has 1 heterocycles. The molecule has 0 aromatic rings. The van der Waals surface area contributed by atoms with Gasteiger partial charge in [0.25, 0.3) is 0 Å². The fourth-order valence-corrected chi connectivity index (χ4v) is 2.17. The Bertz CT molecular complexity index is 154. The first-order valence-corrected chi connectivity index (χ1v) is 5.80. The second-order valence-electron chi connectivity index (χ2n) is 4.74. The van der Waals surface area contributed by atoms with E-state index in [0.717, 1.165) is 5.92 Å². The molecule has 13 heavy (non-hydrogen) atoms. The van der Waals surface area contributed by atoms with Crippen molar-refractivity contribution in [3.8, 4) is 0 Å². The number of nitrogens with one attached hydrogen (secondary N) is 1. The summed E-state index contributed by atoms with van der Waals surface area (Å²) < 4.78 is 0. The fourth-order valence-electron chi connectivity index (χ4n) is 2.17. The van der Waals surface area contributed by atoms with E-state index in [1.165, 1.54) is 51.9 Å². The number of rotatable bonds is 3. The summed E-state index contributed by atoms with van der Waals surface area (Å²) in [6, 6.07) is 0.696. The maximum absolute atomic E-state index is 3.54. The highest BCUT2D eigenvalue weighted by molar-refractivity contribution is 4.77. The Kier molecular flexibility index (Phi) is 3.23. The third kappa shape index (κ3) is 3.28. The molecule has 1 atom stereocenters. The minimum absolute atomic E-state index is 0.696. The molecule has 2 nitrogen and oxygen atoms in total. The van der Waals surface area contributed by atoms with Crippen LogP contribution in [0.1, 0.15) is 32.6 Å². The summed E-state index contributed by atoms with van der Waals surface area (Å²) in [6.07, 6.45) is 5.78. The predicted molar refractivity (Wildman–Crippen MR) is 55.9 cm³/mol. The van der Waals surface area contributed by atoms with Crippen molar-refractivity contribution < 1.29 is 0 Å². The molecule has 76 valence electrons. The van der Waals surface area contributed by atoms with E-state index in [9.17, 15) is 0 Å². The minimum atomic E-state index is 0.696. The van der Waals surface area contributed by atoms with E-state index >= 15 is 0 Å². The van der Waals surface area contributed by atoms with E-state index in [-0.39, 0.29) is 0 Å². The van der Waals surface area contributed by atoms with Gasteiger partial charge < -0.3 is 10.2 Å². The first-order chi connectivity index (χ1) is 6.34. The highest BCUT2D eigenvalue weighted by Crippen LogP contribution is 2.32. The number of hydrogen-bond acceptors (Lipinski definition) is 2. The van der Waals surface area contributed by atoms with E-state index in [2.05, 4.69) is 17.1 Å². The Balaban J connectivity index is 1.68. The highest BCUT2D eigenvalue weighted by Gasteiger charge is 2.22. The van der Waals surface area contributed by atoms with Gasteiger partial charge in [0.1, 0.15) is 0 Å². The van der Waals surface area contributed by atoms with E-state index in [4.69, 9.17) is 0 Å². The molecule has 1 unspecified atom stereocenters. The van der Waals surface area contributed by atoms with Crippen LogP contribution in [0.5, 0.6) is 0 Å². The summed E-state index contributed by atoms with van der Waals surface area (Å²) >= 11 is 0. The van der Waals surface area contributed by atoms with Gasteiger partial charge in [-0.05, 0) is 45.3 Å². The molecular formula is C11H22N2. The van der Waals surface area contributed by atoms with Gasteiger partial charge in [-0.15, -0.1) is 0 Å². The zero-order valence-corrected chi connectivity index (χ0v) is 8.76. The molecule has 1 N–H and O–H groups in total. The van der Waals surface area contributed by atoms with Crippen LogP contribution in [-0.4, -0.2) is 37.1 Å². The van der Waals surface area contributed by atoms with Crippen LogP contribution < -0.4 is 5.32 Å². The van der Waals surface area contributed by atoms with Crippen LogP contribution in [-0.2, 0) is 0 Å². The van der Waals surface area contributed by atoms with Crippen molar-refractivity contribution in [1.29, 1.82) is 0 Å². The Morgan fingerprint density at radius 1 is 1.38 bits per heavy atom. The Morgan fingerprint density at radius 2 is 2.23 bits per heavy atom. The lowest BCUT2D eigenvalue weighted by Gasteiger charge is -2.21. The molecule has 0 spiro atoms. The molecule has 2 rings (SSSR count). The topological polar surface area (TPSA) is 15.3 Å². The van der Waals surface area contributed by atoms with Gasteiger partial charge in [0.15, 0.2) is 0 Å². The number of hydrogen-bond donors (Lipinski definition) is 1. The van der Waals surface area contributed by atoms with Crippen LogP contribution >= 0.6 is 0 Å². The molecule has 1 saturated heterocycles. The lowest BCUT2D eigenvalue weighted by atomic mass is 10.2. The lowest BCUT2D eigenvalue weighted by molar-refractivity contribution is 0.264. The zero-order chi connectivity index (χ0) is 9.10. The smallest absolute Gasteiger partial charge is 0.0166 e. The molecule has 0 aromatic heterocycles. The molecule has 1 saturated carbocycles. The fraction of sp³-hybridized carbons (Fsp3) is 1.00. The van der Waals surface area contributed by atoms with Crippen LogP contribution in [0.3, 0.4) is 0 Å². The van der Waals surface area contributed by atoms with Gasteiger partial charge in [-0.1, -0.05) is 12.8 Å². The van der Waals surface area contributed by atoms with Crippen molar-refractivity contribution in [2.24, 2.45) is 5.92 Å².